The second-order valence-electron chi connectivity index (χ2n) is 8.54. The average Bonchev–Trinajstić information content (AvgIpc) is 3.04. The molecule has 1 heterocycles. The predicted octanol–water partition coefficient (Wildman–Crippen LogP) is 5.17. The van der Waals surface area contributed by atoms with Crippen LogP contribution in [0.2, 0.25) is 5.02 Å². The van der Waals surface area contributed by atoms with E-state index in [1.165, 1.54) is 0 Å². The SMILES string of the molecule is Cc1cc(OCCCn2c(CCNC(=O)C(C)(C)C)nc3ccccc32)ccc1Cl. The van der Waals surface area contributed by atoms with Crippen molar-refractivity contribution < 1.29 is 9.53 Å². The van der Waals surface area contributed by atoms with Gasteiger partial charge in [0.1, 0.15) is 11.6 Å². The molecule has 0 saturated heterocycles. The summed E-state index contributed by atoms with van der Waals surface area (Å²) in [5, 5.41) is 3.76. The number of hydrogen-bond acceptors (Lipinski definition) is 3. The molecule has 30 heavy (non-hydrogen) atoms. The van der Waals surface area contributed by atoms with Crippen LogP contribution in [0.1, 0.15) is 38.6 Å². The molecule has 0 radical (unpaired) electrons. The Morgan fingerprint density at radius 2 is 1.97 bits per heavy atom. The Bertz CT molecular complexity index is 1020. The van der Waals surface area contributed by atoms with E-state index in [4.69, 9.17) is 21.3 Å². The van der Waals surface area contributed by atoms with Crippen LogP contribution in [0.5, 0.6) is 5.75 Å². The maximum absolute atomic E-state index is 12.1. The van der Waals surface area contributed by atoms with E-state index in [-0.39, 0.29) is 5.91 Å². The highest BCUT2D eigenvalue weighted by atomic mass is 35.5. The van der Waals surface area contributed by atoms with Crippen molar-refractivity contribution in [2.45, 2.75) is 47.1 Å². The summed E-state index contributed by atoms with van der Waals surface area (Å²) in [4.78, 5) is 16.9. The molecular weight excluding hydrogens is 398 g/mol. The maximum Gasteiger partial charge on any atom is 0.225 e. The average molecular weight is 428 g/mol. The van der Waals surface area contributed by atoms with Gasteiger partial charge in [-0.15, -0.1) is 0 Å². The van der Waals surface area contributed by atoms with Gasteiger partial charge in [-0.05, 0) is 49.2 Å². The molecule has 0 atom stereocenters. The number of para-hydroxylation sites is 2. The zero-order valence-corrected chi connectivity index (χ0v) is 18.9. The number of nitrogens with one attached hydrogen (secondary N) is 1. The van der Waals surface area contributed by atoms with Crippen LogP contribution in [-0.2, 0) is 17.8 Å². The number of rotatable bonds is 8. The fraction of sp³-hybridized carbons (Fsp3) is 0.417. The number of carbonyl (C=O) groups excluding carboxylic acids is 1. The first-order valence-corrected chi connectivity index (χ1v) is 10.7. The molecule has 0 bridgehead atoms. The van der Waals surface area contributed by atoms with Crippen LogP contribution in [-0.4, -0.2) is 28.6 Å². The van der Waals surface area contributed by atoms with E-state index < -0.39 is 5.41 Å². The van der Waals surface area contributed by atoms with Crippen LogP contribution in [0.15, 0.2) is 42.5 Å². The van der Waals surface area contributed by atoms with Gasteiger partial charge in [-0.1, -0.05) is 44.5 Å². The van der Waals surface area contributed by atoms with E-state index in [9.17, 15) is 4.79 Å². The molecule has 3 rings (SSSR count). The van der Waals surface area contributed by atoms with Crippen molar-refractivity contribution in [1.29, 1.82) is 0 Å². The summed E-state index contributed by atoms with van der Waals surface area (Å²) in [6.07, 6.45) is 1.54. The highest BCUT2D eigenvalue weighted by Gasteiger charge is 2.20. The second-order valence-corrected chi connectivity index (χ2v) is 8.94. The Morgan fingerprint density at radius 1 is 1.20 bits per heavy atom. The van der Waals surface area contributed by atoms with Crippen molar-refractivity contribution >= 4 is 28.5 Å². The molecule has 1 N–H and O–H groups in total. The summed E-state index contributed by atoms with van der Waals surface area (Å²) in [6.45, 7) is 9.69. The summed E-state index contributed by atoms with van der Waals surface area (Å²) < 4.78 is 8.12. The molecule has 0 saturated carbocycles. The standard InChI is InChI=1S/C24H30ClN3O2/c1-17-16-18(10-11-19(17)25)30-15-7-14-28-21-9-6-5-8-20(21)27-22(28)12-13-26-23(29)24(2,3)4/h5-6,8-11,16H,7,12-15H2,1-4H3,(H,26,29). The van der Waals surface area contributed by atoms with Crippen LogP contribution < -0.4 is 10.1 Å². The first kappa shape index (κ1) is 22.2. The molecule has 6 heteroatoms. The Kier molecular flexibility index (Phi) is 7.03. The monoisotopic (exact) mass is 427 g/mol. The predicted molar refractivity (Wildman–Crippen MR) is 122 cm³/mol. The Labute approximate surface area is 183 Å². The van der Waals surface area contributed by atoms with E-state index in [1.54, 1.807) is 0 Å². The molecule has 0 unspecified atom stereocenters. The number of hydrogen-bond donors (Lipinski definition) is 1. The number of fused-ring (bicyclic) bond motifs is 1. The Hall–Kier alpha value is -2.53. The minimum atomic E-state index is -0.391. The van der Waals surface area contributed by atoms with E-state index in [1.807, 2.05) is 64.1 Å². The Morgan fingerprint density at radius 3 is 2.70 bits per heavy atom. The number of aromatic nitrogens is 2. The molecule has 1 amide bonds. The molecule has 0 spiro atoms. The van der Waals surface area contributed by atoms with Crippen molar-refractivity contribution in [2.75, 3.05) is 13.2 Å². The van der Waals surface area contributed by atoms with E-state index >= 15 is 0 Å². The van der Waals surface area contributed by atoms with Gasteiger partial charge in [-0.3, -0.25) is 4.79 Å². The van der Waals surface area contributed by atoms with Gasteiger partial charge in [-0.25, -0.2) is 4.98 Å². The lowest BCUT2D eigenvalue weighted by atomic mass is 9.96. The third-order valence-corrected chi connectivity index (χ3v) is 5.40. The topological polar surface area (TPSA) is 56.1 Å². The smallest absolute Gasteiger partial charge is 0.225 e. The quantitative estimate of drug-likeness (QED) is 0.504. The summed E-state index contributed by atoms with van der Waals surface area (Å²) in [5.41, 5.74) is 2.70. The number of carbonyl (C=O) groups is 1. The molecule has 0 aliphatic carbocycles. The van der Waals surface area contributed by atoms with Gasteiger partial charge in [0.15, 0.2) is 0 Å². The van der Waals surface area contributed by atoms with E-state index in [0.717, 1.165) is 46.2 Å². The molecule has 0 aliphatic rings. The highest BCUT2D eigenvalue weighted by Crippen LogP contribution is 2.22. The molecule has 0 fully saturated rings. The lowest BCUT2D eigenvalue weighted by Crippen LogP contribution is -2.36. The first-order valence-electron chi connectivity index (χ1n) is 10.4. The Balaban J connectivity index is 1.62. The third-order valence-electron chi connectivity index (χ3n) is 4.97. The molecule has 0 aliphatic heterocycles. The van der Waals surface area contributed by atoms with Gasteiger partial charge in [0, 0.05) is 29.9 Å². The molecule has 160 valence electrons. The molecule has 3 aromatic rings. The van der Waals surface area contributed by atoms with Crippen LogP contribution in [0.3, 0.4) is 0 Å². The minimum absolute atomic E-state index is 0.0526. The van der Waals surface area contributed by atoms with Crippen molar-refractivity contribution in [1.82, 2.24) is 14.9 Å². The van der Waals surface area contributed by atoms with Crippen molar-refractivity contribution in [3.63, 3.8) is 0 Å². The van der Waals surface area contributed by atoms with Crippen LogP contribution >= 0.6 is 11.6 Å². The zero-order chi connectivity index (χ0) is 21.7. The number of benzene rings is 2. The van der Waals surface area contributed by atoms with E-state index in [2.05, 4.69) is 16.0 Å². The molecule has 1 aromatic heterocycles. The van der Waals surface area contributed by atoms with Crippen molar-refractivity contribution in [2.24, 2.45) is 5.41 Å². The van der Waals surface area contributed by atoms with Crippen LogP contribution in [0.25, 0.3) is 11.0 Å². The highest BCUT2D eigenvalue weighted by molar-refractivity contribution is 6.31. The lowest BCUT2D eigenvalue weighted by molar-refractivity contribution is -0.128. The zero-order valence-electron chi connectivity index (χ0n) is 18.2. The summed E-state index contributed by atoms with van der Waals surface area (Å²) in [7, 11) is 0. The molecule has 5 nitrogen and oxygen atoms in total. The molecular formula is C24H30ClN3O2. The van der Waals surface area contributed by atoms with Gasteiger partial charge < -0.3 is 14.6 Å². The largest absolute Gasteiger partial charge is 0.494 e. The summed E-state index contributed by atoms with van der Waals surface area (Å²) in [6, 6.07) is 13.8. The number of nitrogens with zero attached hydrogens (tertiary/aromatic N) is 2. The summed E-state index contributed by atoms with van der Waals surface area (Å²) >= 11 is 6.08. The van der Waals surface area contributed by atoms with E-state index in [0.29, 0.717) is 19.6 Å². The van der Waals surface area contributed by atoms with Gasteiger partial charge >= 0.3 is 0 Å². The lowest BCUT2D eigenvalue weighted by Gasteiger charge is -2.17. The minimum Gasteiger partial charge on any atom is -0.494 e. The van der Waals surface area contributed by atoms with Gasteiger partial charge in [0.2, 0.25) is 5.91 Å². The van der Waals surface area contributed by atoms with Gasteiger partial charge in [0.25, 0.3) is 0 Å². The summed E-state index contributed by atoms with van der Waals surface area (Å²) in [5.74, 6) is 1.86. The van der Waals surface area contributed by atoms with Crippen molar-refractivity contribution in [3.8, 4) is 5.75 Å². The van der Waals surface area contributed by atoms with Gasteiger partial charge in [-0.2, -0.15) is 0 Å². The first-order chi connectivity index (χ1) is 14.3. The maximum atomic E-state index is 12.1. The fourth-order valence-electron chi connectivity index (χ4n) is 3.24. The number of imidazole rings is 1. The number of aryl methyl sites for hydroxylation is 2. The molecule has 2 aromatic carbocycles. The van der Waals surface area contributed by atoms with Crippen LogP contribution in [0.4, 0.5) is 0 Å². The second kappa shape index (κ2) is 9.52. The normalized spacial score (nSPS) is 11.6. The van der Waals surface area contributed by atoms with Crippen molar-refractivity contribution in [3.05, 3.63) is 58.9 Å². The number of halogens is 1. The van der Waals surface area contributed by atoms with Gasteiger partial charge in [0.05, 0.1) is 17.6 Å². The van der Waals surface area contributed by atoms with Crippen LogP contribution in [0, 0.1) is 12.3 Å². The third kappa shape index (κ3) is 5.54. The fourth-order valence-corrected chi connectivity index (χ4v) is 3.36. The number of ether oxygens (including phenoxy) is 1. The number of amides is 1.